The molecule has 8 heteroatoms. The second-order valence-electron chi connectivity index (χ2n) is 4.32. The van der Waals surface area contributed by atoms with Crippen LogP contribution >= 0.6 is 0 Å². The van der Waals surface area contributed by atoms with E-state index in [0.717, 1.165) is 13.8 Å². The molecule has 0 spiro atoms. The minimum Gasteiger partial charge on any atom is -0.481 e. The van der Waals surface area contributed by atoms with Gasteiger partial charge in [-0.1, -0.05) is 0 Å². The Balaban J connectivity index is 6.07. The fourth-order valence-electron chi connectivity index (χ4n) is 1.39. The van der Waals surface area contributed by atoms with Crippen LogP contribution in [0.1, 0.15) is 20.8 Å². The lowest BCUT2D eigenvalue weighted by Crippen LogP contribution is -2.70. The summed E-state index contributed by atoms with van der Waals surface area (Å²) in [5.41, 5.74) is -8.97. The molecule has 0 unspecified atom stereocenters. The van der Waals surface area contributed by atoms with Gasteiger partial charge in [0.05, 0.1) is 0 Å². The molecular weight excluding hydrogens is 236 g/mol. The molecule has 0 aliphatic carbocycles. The van der Waals surface area contributed by atoms with Crippen molar-refractivity contribution in [3.05, 3.63) is 0 Å². The van der Waals surface area contributed by atoms with Crippen molar-refractivity contribution < 1.29 is 39.9 Å². The molecular formula is C9H14O8. The van der Waals surface area contributed by atoms with Crippen LogP contribution in [0, 0.1) is 5.41 Å². The van der Waals surface area contributed by atoms with Gasteiger partial charge in [-0.15, -0.1) is 0 Å². The van der Waals surface area contributed by atoms with E-state index in [4.69, 9.17) is 15.3 Å². The second-order valence-corrected chi connectivity index (χ2v) is 4.32. The number of hydrogen-bond donors (Lipinski definition) is 5. The molecule has 0 bridgehead atoms. The van der Waals surface area contributed by atoms with E-state index >= 15 is 0 Å². The summed E-state index contributed by atoms with van der Waals surface area (Å²) in [7, 11) is 0. The normalized spacial score (nSPS) is 18.9. The smallest absolute Gasteiger partial charge is 0.340 e. The summed E-state index contributed by atoms with van der Waals surface area (Å²) >= 11 is 0. The van der Waals surface area contributed by atoms with Gasteiger partial charge in [0.1, 0.15) is 5.41 Å². The van der Waals surface area contributed by atoms with Gasteiger partial charge in [0.2, 0.25) is 5.60 Å². The number of carbonyl (C=O) groups is 3. The first-order valence-corrected chi connectivity index (χ1v) is 4.48. The largest absolute Gasteiger partial charge is 0.481 e. The third-order valence-corrected chi connectivity index (χ3v) is 2.87. The highest BCUT2D eigenvalue weighted by atomic mass is 16.5. The van der Waals surface area contributed by atoms with E-state index in [1.165, 1.54) is 0 Å². The van der Waals surface area contributed by atoms with Gasteiger partial charge in [0.15, 0.2) is 5.60 Å². The fourth-order valence-corrected chi connectivity index (χ4v) is 1.39. The molecule has 0 rings (SSSR count). The average Bonchev–Trinajstić information content (AvgIpc) is 2.14. The average molecular weight is 250 g/mol. The Morgan fingerprint density at radius 3 is 1.29 bits per heavy atom. The summed E-state index contributed by atoms with van der Waals surface area (Å²) in [6, 6.07) is 0. The molecule has 8 nitrogen and oxygen atoms in total. The van der Waals surface area contributed by atoms with Gasteiger partial charge < -0.3 is 25.5 Å². The van der Waals surface area contributed by atoms with Crippen molar-refractivity contribution in [3.63, 3.8) is 0 Å². The van der Waals surface area contributed by atoms with Crippen LogP contribution in [0.5, 0.6) is 0 Å². The Kier molecular flexibility index (Phi) is 3.58. The first-order valence-electron chi connectivity index (χ1n) is 4.48. The van der Waals surface area contributed by atoms with Gasteiger partial charge in [-0.2, -0.15) is 0 Å². The zero-order valence-corrected chi connectivity index (χ0v) is 9.46. The highest BCUT2D eigenvalue weighted by Gasteiger charge is 2.68. The monoisotopic (exact) mass is 250 g/mol. The zero-order valence-electron chi connectivity index (χ0n) is 9.46. The van der Waals surface area contributed by atoms with E-state index in [2.05, 4.69) is 0 Å². The minimum atomic E-state index is -3.39. The minimum absolute atomic E-state index is 0.522. The molecule has 0 saturated carbocycles. The van der Waals surface area contributed by atoms with Crippen molar-refractivity contribution in [2.45, 2.75) is 32.0 Å². The van der Waals surface area contributed by atoms with Crippen molar-refractivity contribution in [3.8, 4) is 0 Å². The molecule has 0 saturated heterocycles. The molecule has 5 N–H and O–H groups in total. The Hall–Kier alpha value is -1.67. The van der Waals surface area contributed by atoms with Gasteiger partial charge in [-0.3, -0.25) is 4.79 Å². The Morgan fingerprint density at radius 1 is 0.765 bits per heavy atom. The highest BCUT2D eigenvalue weighted by molar-refractivity contribution is 5.96. The molecule has 0 aromatic rings. The quantitative estimate of drug-likeness (QED) is 0.405. The molecule has 0 aliphatic heterocycles. The number of aliphatic hydroxyl groups is 2. The van der Waals surface area contributed by atoms with Gasteiger partial charge in [-0.05, 0) is 20.8 Å². The number of aliphatic carboxylic acids is 3. The van der Waals surface area contributed by atoms with E-state index in [0.29, 0.717) is 6.92 Å². The molecule has 0 aromatic carbocycles. The lowest BCUT2D eigenvalue weighted by molar-refractivity contribution is -0.229. The topological polar surface area (TPSA) is 152 Å². The molecule has 17 heavy (non-hydrogen) atoms. The predicted molar refractivity (Wildman–Crippen MR) is 52.3 cm³/mol. The summed E-state index contributed by atoms with van der Waals surface area (Å²) in [6.45, 7) is 2.13. The van der Waals surface area contributed by atoms with Gasteiger partial charge >= 0.3 is 17.9 Å². The van der Waals surface area contributed by atoms with E-state index in [1.54, 1.807) is 0 Å². The summed E-state index contributed by atoms with van der Waals surface area (Å²) in [6.07, 6.45) is 0. The number of hydrogen-bond acceptors (Lipinski definition) is 5. The molecule has 0 aromatic heterocycles. The van der Waals surface area contributed by atoms with Crippen LogP contribution in [0.25, 0.3) is 0 Å². The summed E-state index contributed by atoms with van der Waals surface area (Å²) in [4.78, 5) is 32.7. The first-order chi connectivity index (χ1) is 7.33. The molecule has 2 atom stereocenters. The van der Waals surface area contributed by atoms with Crippen LogP contribution in [0.3, 0.4) is 0 Å². The van der Waals surface area contributed by atoms with Crippen molar-refractivity contribution in [2.75, 3.05) is 0 Å². The SMILES string of the molecule is CC(C)(C(=O)O)[C@](O)(C(=O)O)[C@](C)(O)C(=O)O. The molecule has 98 valence electrons. The summed E-state index contributed by atoms with van der Waals surface area (Å²) in [5.74, 6) is -5.95. The summed E-state index contributed by atoms with van der Waals surface area (Å²) in [5, 5.41) is 45.9. The van der Waals surface area contributed by atoms with Crippen LogP contribution in [0.15, 0.2) is 0 Å². The number of carboxylic acids is 3. The third-order valence-electron chi connectivity index (χ3n) is 2.87. The van der Waals surface area contributed by atoms with Gasteiger partial charge in [-0.25, -0.2) is 9.59 Å². The van der Waals surface area contributed by atoms with Crippen LogP contribution < -0.4 is 0 Å². The summed E-state index contributed by atoms with van der Waals surface area (Å²) < 4.78 is 0. The van der Waals surface area contributed by atoms with E-state index in [9.17, 15) is 24.6 Å². The maximum absolute atomic E-state index is 11.0. The Labute approximate surface area is 96.1 Å². The number of rotatable bonds is 5. The van der Waals surface area contributed by atoms with Crippen LogP contribution in [-0.2, 0) is 14.4 Å². The number of carboxylic acid groups (broad SMARTS) is 3. The van der Waals surface area contributed by atoms with Gasteiger partial charge in [0, 0.05) is 0 Å². The van der Waals surface area contributed by atoms with Crippen LogP contribution in [0.4, 0.5) is 0 Å². The standard InChI is InChI=1S/C9H14O8/c1-7(2,4(10)11)9(17,6(14)15)8(3,16)5(12)13/h16-17H,1-3H3,(H,10,11)(H,12,13)(H,14,15)/t8-,9-/m1/s1. The van der Waals surface area contributed by atoms with Crippen LogP contribution in [0.2, 0.25) is 0 Å². The molecule has 0 radical (unpaired) electrons. The van der Waals surface area contributed by atoms with E-state index in [1.807, 2.05) is 0 Å². The van der Waals surface area contributed by atoms with Crippen molar-refractivity contribution in [2.24, 2.45) is 5.41 Å². The molecule has 0 fully saturated rings. The Morgan fingerprint density at radius 2 is 1.12 bits per heavy atom. The third kappa shape index (κ3) is 1.85. The maximum atomic E-state index is 11.0. The lowest BCUT2D eigenvalue weighted by Gasteiger charge is -2.42. The van der Waals surface area contributed by atoms with Gasteiger partial charge in [0.25, 0.3) is 0 Å². The molecule has 0 aliphatic rings. The molecule has 0 amide bonds. The highest BCUT2D eigenvalue weighted by Crippen LogP contribution is 2.40. The second kappa shape index (κ2) is 3.97. The van der Waals surface area contributed by atoms with E-state index in [-0.39, 0.29) is 0 Å². The van der Waals surface area contributed by atoms with Crippen LogP contribution in [-0.4, -0.2) is 54.6 Å². The van der Waals surface area contributed by atoms with Crippen molar-refractivity contribution in [1.29, 1.82) is 0 Å². The first kappa shape index (κ1) is 15.3. The van der Waals surface area contributed by atoms with Crippen molar-refractivity contribution >= 4 is 17.9 Å². The predicted octanol–water partition coefficient (Wildman–Crippen LogP) is -1.25. The van der Waals surface area contributed by atoms with E-state index < -0.39 is 34.5 Å². The maximum Gasteiger partial charge on any atom is 0.340 e. The Bertz CT molecular complexity index is 341. The fraction of sp³-hybridized carbons (Fsp3) is 0.667. The zero-order chi connectivity index (χ0) is 14.2. The molecule has 0 heterocycles. The lowest BCUT2D eigenvalue weighted by atomic mass is 9.65. The van der Waals surface area contributed by atoms with Crippen molar-refractivity contribution in [1.82, 2.24) is 0 Å².